The molecule has 1 amide bonds. The SMILES string of the molecule is COc1ccc(NC(=O)C2=Cc3ccccc3OC2)cn1. The van der Waals surface area contributed by atoms with Crippen molar-refractivity contribution in [3.8, 4) is 11.6 Å². The maximum Gasteiger partial charge on any atom is 0.255 e. The lowest BCUT2D eigenvalue weighted by Crippen LogP contribution is -2.21. The average molecular weight is 282 g/mol. The van der Waals surface area contributed by atoms with Gasteiger partial charge in [-0.15, -0.1) is 0 Å². The second-order valence-electron chi connectivity index (χ2n) is 4.54. The molecule has 0 aliphatic carbocycles. The normalized spacial score (nSPS) is 12.7. The fourth-order valence-electron chi connectivity index (χ4n) is 2.03. The number of carbonyl (C=O) groups excluding carboxylic acids is 1. The first kappa shape index (κ1) is 13.2. The van der Waals surface area contributed by atoms with Gasteiger partial charge in [0.15, 0.2) is 0 Å². The molecule has 0 bridgehead atoms. The Morgan fingerprint density at radius 3 is 2.90 bits per heavy atom. The number of nitrogens with one attached hydrogen (secondary N) is 1. The van der Waals surface area contributed by atoms with Crippen molar-refractivity contribution in [2.75, 3.05) is 19.0 Å². The Balaban J connectivity index is 1.75. The van der Waals surface area contributed by atoms with Gasteiger partial charge in [-0.05, 0) is 18.2 Å². The van der Waals surface area contributed by atoms with Crippen LogP contribution in [0.2, 0.25) is 0 Å². The Bertz CT molecular complexity index is 693. The van der Waals surface area contributed by atoms with E-state index in [1.807, 2.05) is 30.3 Å². The van der Waals surface area contributed by atoms with Gasteiger partial charge in [0.05, 0.1) is 24.6 Å². The van der Waals surface area contributed by atoms with Gasteiger partial charge in [-0.2, -0.15) is 0 Å². The highest BCUT2D eigenvalue weighted by atomic mass is 16.5. The second-order valence-corrected chi connectivity index (χ2v) is 4.54. The first-order valence-electron chi connectivity index (χ1n) is 6.50. The van der Waals surface area contributed by atoms with E-state index in [9.17, 15) is 4.79 Å². The third-order valence-electron chi connectivity index (χ3n) is 3.13. The highest BCUT2D eigenvalue weighted by Crippen LogP contribution is 2.26. The fourth-order valence-corrected chi connectivity index (χ4v) is 2.03. The van der Waals surface area contributed by atoms with Gasteiger partial charge in [0.25, 0.3) is 5.91 Å². The average Bonchev–Trinajstić information content (AvgIpc) is 2.55. The molecule has 3 rings (SSSR count). The van der Waals surface area contributed by atoms with Gasteiger partial charge in [0.1, 0.15) is 12.4 Å². The summed E-state index contributed by atoms with van der Waals surface area (Å²) in [5, 5.41) is 2.79. The molecule has 1 aliphatic rings. The van der Waals surface area contributed by atoms with Crippen molar-refractivity contribution in [1.29, 1.82) is 0 Å². The number of para-hydroxylation sites is 1. The highest BCUT2D eigenvalue weighted by molar-refractivity contribution is 6.07. The largest absolute Gasteiger partial charge is 0.488 e. The fraction of sp³-hybridized carbons (Fsp3) is 0.125. The quantitative estimate of drug-likeness (QED) is 0.939. The molecule has 0 fully saturated rings. The lowest BCUT2D eigenvalue weighted by Gasteiger charge is -2.17. The number of pyridine rings is 1. The van der Waals surface area contributed by atoms with E-state index in [4.69, 9.17) is 9.47 Å². The summed E-state index contributed by atoms with van der Waals surface area (Å²) in [5.41, 5.74) is 2.09. The molecule has 21 heavy (non-hydrogen) atoms. The smallest absolute Gasteiger partial charge is 0.255 e. The molecular formula is C16H14N2O3. The van der Waals surface area contributed by atoms with E-state index in [0.717, 1.165) is 11.3 Å². The molecule has 2 aromatic rings. The molecule has 0 spiro atoms. The van der Waals surface area contributed by atoms with Crippen LogP contribution >= 0.6 is 0 Å². The predicted molar refractivity (Wildman–Crippen MR) is 79.3 cm³/mol. The van der Waals surface area contributed by atoms with Crippen LogP contribution in [0.3, 0.4) is 0 Å². The molecule has 0 saturated carbocycles. The summed E-state index contributed by atoms with van der Waals surface area (Å²) < 4.78 is 10.5. The number of hydrogen-bond acceptors (Lipinski definition) is 4. The summed E-state index contributed by atoms with van der Waals surface area (Å²) in [6.45, 7) is 0.256. The number of carbonyl (C=O) groups is 1. The van der Waals surface area contributed by atoms with E-state index >= 15 is 0 Å². The molecular weight excluding hydrogens is 268 g/mol. The van der Waals surface area contributed by atoms with Gasteiger partial charge in [-0.25, -0.2) is 4.98 Å². The summed E-state index contributed by atoms with van der Waals surface area (Å²) in [7, 11) is 1.54. The number of methoxy groups -OCH3 is 1. The number of hydrogen-bond donors (Lipinski definition) is 1. The maximum absolute atomic E-state index is 12.2. The van der Waals surface area contributed by atoms with Gasteiger partial charge < -0.3 is 14.8 Å². The monoisotopic (exact) mass is 282 g/mol. The zero-order valence-electron chi connectivity index (χ0n) is 11.5. The second kappa shape index (κ2) is 5.66. The molecule has 1 N–H and O–H groups in total. The van der Waals surface area contributed by atoms with Crippen molar-refractivity contribution in [2.45, 2.75) is 0 Å². The van der Waals surface area contributed by atoms with E-state index in [0.29, 0.717) is 17.1 Å². The van der Waals surface area contributed by atoms with Crippen molar-refractivity contribution in [3.05, 3.63) is 53.7 Å². The highest BCUT2D eigenvalue weighted by Gasteiger charge is 2.17. The van der Waals surface area contributed by atoms with Crippen LogP contribution in [-0.4, -0.2) is 24.6 Å². The minimum Gasteiger partial charge on any atom is -0.488 e. The van der Waals surface area contributed by atoms with Crippen LogP contribution in [0.15, 0.2) is 48.2 Å². The number of fused-ring (bicyclic) bond motifs is 1. The first-order chi connectivity index (χ1) is 10.3. The van der Waals surface area contributed by atoms with E-state index in [2.05, 4.69) is 10.3 Å². The Kier molecular flexibility index (Phi) is 3.55. The Hall–Kier alpha value is -2.82. The van der Waals surface area contributed by atoms with E-state index in [-0.39, 0.29) is 12.5 Å². The Morgan fingerprint density at radius 1 is 1.29 bits per heavy atom. The number of benzene rings is 1. The molecule has 5 nitrogen and oxygen atoms in total. The summed E-state index contributed by atoms with van der Waals surface area (Å²) in [5.74, 6) is 1.10. The predicted octanol–water partition coefficient (Wildman–Crippen LogP) is 2.50. The number of anilines is 1. The molecule has 0 unspecified atom stereocenters. The van der Waals surface area contributed by atoms with Gasteiger partial charge in [0.2, 0.25) is 5.88 Å². The maximum atomic E-state index is 12.2. The van der Waals surface area contributed by atoms with Gasteiger partial charge >= 0.3 is 0 Å². The van der Waals surface area contributed by atoms with Crippen molar-refractivity contribution in [1.82, 2.24) is 4.98 Å². The van der Waals surface area contributed by atoms with Crippen LogP contribution in [0, 0.1) is 0 Å². The van der Waals surface area contributed by atoms with E-state index in [1.165, 1.54) is 0 Å². The number of rotatable bonds is 3. The Labute approximate surface area is 122 Å². The van der Waals surface area contributed by atoms with E-state index in [1.54, 1.807) is 25.4 Å². The minimum atomic E-state index is -0.198. The minimum absolute atomic E-state index is 0.198. The Morgan fingerprint density at radius 2 is 2.14 bits per heavy atom. The summed E-state index contributed by atoms with van der Waals surface area (Å²) in [4.78, 5) is 16.3. The van der Waals surface area contributed by atoms with Gasteiger partial charge in [-0.3, -0.25) is 4.79 Å². The first-order valence-corrected chi connectivity index (χ1v) is 6.50. The van der Waals surface area contributed by atoms with Crippen LogP contribution in [0.5, 0.6) is 11.6 Å². The van der Waals surface area contributed by atoms with Crippen molar-refractivity contribution >= 4 is 17.7 Å². The van der Waals surface area contributed by atoms with Crippen molar-refractivity contribution in [2.24, 2.45) is 0 Å². The number of amides is 1. The topological polar surface area (TPSA) is 60.5 Å². The molecule has 0 saturated heterocycles. The standard InChI is InChI=1S/C16H14N2O3/c1-20-15-7-6-13(9-17-15)18-16(19)12-8-11-4-2-3-5-14(11)21-10-12/h2-9H,10H2,1H3,(H,18,19). The number of nitrogens with zero attached hydrogens (tertiary/aromatic N) is 1. The molecule has 2 heterocycles. The van der Waals surface area contributed by atoms with Crippen molar-refractivity contribution in [3.63, 3.8) is 0 Å². The van der Waals surface area contributed by atoms with Crippen LogP contribution in [0.1, 0.15) is 5.56 Å². The number of aromatic nitrogens is 1. The van der Waals surface area contributed by atoms with Crippen LogP contribution in [0.25, 0.3) is 6.08 Å². The molecule has 5 heteroatoms. The molecule has 0 atom stereocenters. The molecule has 1 aliphatic heterocycles. The van der Waals surface area contributed by atoms with Crippen LogP contribution < -0.4 is 14.8 Å². The third kappa shape index (κ3) is 2.86. The van der Waals surface area contributed by atoms with Crippen LogP contribution in [-0.2, 0) is 4.79 Å². The zero-order chi connectivity index (χ0) is 14.7. The molecule has 1 aromatic heterocycles. The third-order valence-corrected chi connectivity index (χ3v) is 3.13. The van der Waals surface area contributed by atoms with Crippen molar-refractivity contribution < 1.29 is 14.3 Å². The zero-order valence-corrected chi connectivity index (χ0v) is 11.5. The number of ether oxygens (including phenoxy) is 2. The van der Waals surface area contributed by atoms with E-state index < -0.39 is 0 Å². The molecule has 106 valence electrons. The summed E-state index contributed by atoms with van der Waals surface area (Å²) >= 11 is 0. The van der Waals surface area contributed by atoms with Gasteiger partial charge in [-0.1, -0.05) is 18.2 Å². The lowest BCUT2D eigenvalue weighted by atomic mass is 10.1. The summed E-state index contributed by atoms with van der Waals surface area (Å²) in [6.07, 6.45) is 3.39. The molecule has 1 aromatic carbocycles. The summed E-state index contributed by atoms with van der Waals surface area (Å²) in [6, 6.07) is 11.0. The molecule has 0 radical (unpaired) electrons. The lowest BCUT2D eigenvalue weighted by molar-refractivity contribution is -0.113. The van der Waals surface area contributed by atoms with Gasteiger partial charge in [0, 0.05) is 11.6 Å². The van der Waals surface area contributed by atoms with Crippen LogP contribution in [0.4, 0.5) is 5.69 Å².